The Hall–Kier alpha value is -3.00. The van der Waals surface area contributed by atoms with Gasteiger partial charge in [-0.1, -0.05) is 22.0 Å². The Morgan fingerprint density at radius 3 is 2.71 bits per heavy atom. The number of carbonyl (C=O) groups is 2. The van der Waals surface area contributed by atoms with Crippen molar-refractivity contribution in [3.05, 3.63) is 58.8 Å². The number of benzene rings is 2. The highest BCUT2D eigenvalue weighted by Crippen LogP contribution is 2.25. The van der Waals surface area contributed by atoms with Gasteiger partial charge < -0.3 is 13.9 Å². The number of amides is 2. The molecule has 0 aliphatic rings. The van der Waals surface area contributed by atoms with E-state index in [-0.39, 0.29) is 12.3 Å². The van der Waals surface area contributed by atoms with Gasteiger partial charge in [0, 0.05) is 21.5 Å². The number of ether oxygens (including phenoxy) is 2. The molecule has 3 aromatic rings. The number of furan rings is 1. The van der Waals surface area contributed by atoms with Crippen molar-refractivity contribution in [2.24, 2.45) is 0 Å². The number of rotatable bonds is 6. The number of halogens is 1. The zero-order valence-corrected chi connectivity index (χ0v) is 16.9. The van der Waals surface area contributed by atoms with Gasteiger partial charge in [-0.15, -0.1) is 0 Å². The van der Waals surface area contributed by atoms with E-state index in [0.29, 0.717) is 22.6 Å². The molecule has 0 bridgehead atoms. The smallest absolute Gasteiger partial charge is 0.279 e. The van der Waals surface area contributed by atoms with E-state index in [1.807, 2.05) is 12.1 Å². The molecule has 1 unspecified atom stereocenters. The Labute approximate surface area is 170 Å². The van der Waals surface area contributed by atoms with E-state index in [9.17, 15) is 9.59 Å². The minimum Gasteiger partial charge on any atom is -0.497 e. The second kappa shape index (κ2) is 8.79. The van der Waals surface area contributed by atoms with Crippen LogP contribution in [0.5, 0.6) is 11.5 Å². The molecule has 0 fully saturated rings. The zero-order valence-electron chi connectivity index (χ0n) is 15.3. The molecular formula is C20H19BrN2O5. The van der Waals surface area contributed by atoms with Crippen LogP contribution in [0.4, 0.5) is 0 Å². The average Bonchev–Trinajstić information content (AvgIpc) is 3.07. The van der Waals surface area contributed by atoms with Crippen molar-refractivity contribution in [3.63, 3.8) is 0 Å². The predicted octanol–water partition coefficient (Wildman–Crippen LogP) is 3.36. The first-order valence-corrected chi connectivity index (χ1v) is 9.30. The maximum Gasteiger partial charge on any atom is 0.279 e. The normalized spacial score (nSPS) is 11.7. The lowest BCUT2D eigenvalue weighted by molar-refractivity contribution is -0.132. The summed E-state index contributed by atoms with van der Waals surface area (Å²) in [5, 5.41) is 0.814. The summed E-state index contributed by atoms with van der Waals surface area (Å²) in [5.41, 5.74) is 6.10. The molecule has 1 heterocycles. The number of fused-ring (bicyclic) bond motifs is 1. The summed E-state index contributed by atoms with van der Waals surface area (Å²) in [7, 11) is 1.57. The van der Waals surface area contributed by atoms with Crippen LogP contribution < -0.4 is 20.3 Å². The van der Waals surface area contributed by atoms with Crippen LogP contribution in [0.1, 0.15) is 12.5 Å². The van der Waals surface area contributed by atoms with Gasteiger partial charge in [-0.05, 0) is 37.3 Å². The van der Waals surface area contributed by atoms with E-state index in [0.717, 1.165) is 9.86 Å². The summed E-state index contributed by atoms with van der Waals surface area (Å²) < 4.78 is 17.0. The van der Waals surface area contributed by atoms with E-state index in [1.165, 1.54) is 6.26 Å². The largest absolute Gasteiger partial charge is 0.497 e. The topological polar surface area (TPSA) is 89.8 Å². The van der Waals surface area contributed by atoms with Crippen molar-refractivity contribution in [1.82, 2.24) is 10.9 Å². The second-order valence-corrected chi connectivity index (χ2v) is 6.97. The van der Waals surface area contributed by atoms with E-state index in [2.05, 4.69) is 26.8 Å². The molecule has 0 radical (unpaired) electrons. The number of hydrogen-bond acceptors (Lipinski definition) is 5. The van der Waals surface area contributed by atoms with Gasteiger partial charge in [-0.2, -0.15) is 0 Å². The van der Waals surface area contributed by atoms with Crippen LogP contribution in [0.3, 0.4) is 0 Å². The van der Waals surface area contributed by atoms with Gasteiger partial charge in [0.1, 0.15) is 17.1 Å². The average molecular weight is 447 g/mol. The molecule has 28 heavy (non-hydrogen) atoms. The summed E-state index contributed by atoms with van der Waals surface area (Å²) >= 11 is 3.34. The second-order valence-electron chi connectivity index (χ2n) is 6.05. The van der Waals surface area contributed by atoms with Gasteiger partial charge in [0.15, 0.2) is 6.10 Å². The van der Waals surface area contributed by atoms with Crippen molar-refractivity contribution < 1.29 is 23.5 Å². The van der Waals surface area contributed by atoms with Gasteiger partial charge in [0.05, 0.1) is 19.8 Å². The van der Waals surface area contributed by atoms with Crippen molar-refractivity contribution in [1.29, 1.82) is 0 Å². The maximum atomic E-state index is 12.2. The lowest BCUT2D eigenvalue weighted by atomic mass is 10.1. The molecule has 8 heteroatoms. The lowest BCUT2D eigenvalue weighted by Crippen LogP contribution is -2.47. The molecule has 7 nitrogen and oxygen atoms in total. The number of hydrazine groups is 1. The van der Waals surface area contributed by atoms with E-state index in [4.69, 9.17) is 13.9 Å². The molecule has 2 N–H and O–H groups in total. The molecule has 0 aliphatic heterocycles. The van der Waals surface area contributed by atoms with E-state index in [1.54, 1.807) is 44.4 Å². The standard InChI is InChI=1S/C20H19BrN2O5/c1-12(28-16-5-3-4-14(21)9-16)20(25)23-22-19(24)8-13-11-27-18-10-15(26-2)6-7-17(13)18/h3-7,9-12H,8H2,1-2H3,(H,22,24)(H,23,25). The summed E-state index contributed by atoms with van der Waals surface area (Å²) in [5.74, 6) is 0.379. The van der Waals surface area contributed by atoms with Gasteiger partial charge in [-0.25, -0.2) is 0 Å². The number of carbonyl (C=O) groups excluding carboxylic acids is 2. The minimum absolute atomic E-state index is 0.0560. The van der Waals surface area contributed by atoms with Crippen LogP contribution in [-0.2, 0) is 16.0 Å². The Morgan fingerprint density at radius 1 is 1.14 bits per heavy atom. The van der Waals surface area contributed by atoms with Crippen LogP contribution in [0.15, 0.2) is 57.6 Å². The highest BCUT2D eigenvalue weighted by Gasteiger charge is 2.16. The Morgan fingerprint density at radius 2 is 1.96 bits per heavy atom. The first-order chi connectivity index (χ1) is 13.5. The van der Waals surface area contributed by atoms with Crippen molar-refractivity contribution >= 4 is 38.7 Å². The molecule has 2 aromatic carbocycles. The summed E-state index contributed by atoms with van der Waals surface area (Å²) in [6, 6.07) is 12.5. The van der Waals surface area contributed by atoms with Gasteiger partial charge >= 0.3 is 0 Å². The molecule has 1 aromatic heterocycles. The summed E-state index contributed by atoms with van der Waals surface area (Å²) in [6.45, 7) is 1.60. The Balaban J connectivity index is 1.53. The third kappa shape index (κ3) is 4.83. The van der Waals surface area contributed by atoms with E-state index >= 15 is 0 Å². The molecule has 0 aliphatic carbocycles. The molecular weight excluding hydrogens is 428 g/mol. The number of hydrogen-bond donors (Lipinski definition) is 2. The molecule has 1 atom stereocenters. The molecule has 146 valence electrons. The predicted molar refractivity (Wildman–Crippen MR) is 107 cm³/mol. The minimum atomic E-state index is -0.781. The van der Waals surface area contributed by atoms with Crippen LogP contribution in [0.2, 0.25) is 0 Å². The van der Waals surface area contributed by atoms with E-state index < -0.39 is 12.0 Å². The Kier molecular flexibility index (Phi) is 6.20. The lowest BCUT2D eigenvalue weighted by Gasteiger charge is -2.15. The van der Waals surface area contributed by atoms with Gasteiger partial charge in [0.25, 0.3) is 5.91 Å². The van der Waals surface area contributed by atoms with Crippen molar-refractivity contribution in [3.8, 4) is 11.5 Å². The molecule has 3 rings (SSSR count). The van der Waals surface area contributed by atoms with Crippen molar-refractivity contribution in [2.75, 3.05) is 7.11 Å². The SMILES string of the molecule is COc1ccc2c(CC(=O)NNC(=O)C(C)Oc3cccc(Br)c3)coc2c1. The van der Waals surface area contributed by atoms with Crippen LogP contribution in [0, 0.1) is 0 Å². The highest BCUT2D eigenvalue weighted by molar-refractivity contribution is 9.10. The third-order valence-electron chi connectivity index (χ3n) is 4.02. The van der Waals surface area contributed by atoms with Crippen LogP contribution in [-0.4, -0.2) is 25.0 Å². The fourth-order valence-electron chi connectivity index (χ4n) is 2.58. The zero-order chi connectivity index (χ0) is 20.1. The summed E-state index contributed by atoms with van der Waals surface area (Å²) in [6.07, 6.45) is 0.794. The Bertz CT molecular complexity index is 1000. The molecule has 2 amide bonds. The first kappa shape index (κ1) is 19.8. The van der Waals surface area contributed by atoms with Crippen molar-refractivity contribution in [2.45, 2.75) is 19.4 Å². The third-order valence-corrected chi connectivity index (χ3v) is 4.51. The number of nitrogens with one attached hydrogen (secondary N) is 2. The molecule has 0 saturated carbocycles. The molecule has 0 saturated heterocycles. The summed E-state index contributed by atoms with van der Waals surface area (Å²) in [4.78, 5) is 24.3. The van der Waals surface area contributed by atoms with Crippen LogP contribution >= 0.6 is 15.9 Å². The molecule has 0 spiro atoms. The van der Waals surface area contributed by atoms with Crippen LogP contribution in [0.25, 0.3) is 11.0 Å². The number of methoxy groups -OCH3 is 1. The fraction of sp³-hybridized carbons (Fsp3) is 0.200. The highest BCUT2D eigenvalue weighted by atomic mass is 79.9. The van der Waals surface area contributed by atoms with Gasteiger partial charge in [-0.3, -0.25) is 20.4 Å². The quantitative estimate of drug-likeness (QED) is 0.566. The van der Waals surface area contributed by atoms with Gasteiger partial charge in [0.2, 0.25) is 5.91 Å². The first-order valence-electron chi connectivity index (χ1n) is 8.51. The maximum absolute atomic E-state index is 12.2. The monoisotopic (exact) mass is 446 g/mol. The fourth-order valence-corrected chi connectivity index (χ4v) is 2.95.